The highest BCUT2D eigenvalue weighted by atomic mass is 32.2. The number of halogens is 1. The van der Waals surface area contributed by atoms with Crippen LogP contribution in [0.2, 0.25) is 0 Å². The lowest BCUT2D eigenvalue weighted by molar-refractivity contribution is -0.385. The molecule has 116 valence electrons. The van der Waals surface area contributed by atoms with Crippen LogP contribution in [0.15, 0.2) is 17.0 Å². The van der Waals surface area contributed by atoms with Crippen molar-refractivity contribution in [3.8, 4) is 0 Å². The van der Waals surface area contributed by atoms with Gasteiger partial charge in [0.25, 0.3) is 5.69 Å². The fourth-order valence-corrected chi connectivity index (χ4v) is 3.32. The summed E-state index contributed by atoms with van der Waals surface area (Å²) in [5, 5.41) is 13.2. The SMILES string of the molecule is CNc1cc([N+](=O)[O-])cc(F)c1S(=O)(=O)NCC1(C)CC1. The molecule has 0 aliphatic heterocycles. The van der Waals surface area contributed by atoms with E-state index in [1.165, 1.54) is 7.05 Å². The Kier molecular flexibility index (Phi) is 3.89. The molecule has 2 rings (SSSR count). The van der Waals surface area contributed by atoms with Crippen LogP contribution >= 0.6 is 0 Å². The van der Waals surface area contributed by atoms with Crippen molar-refractivity contribution in [1.29, 1.82) is 0 Å². The summed E-state index contributed by atoms with van der Waals surface area (Å²) in [7, 11) is -2.70. The Morgan fingerprint density at radius 3 is 2.52 bits per heavy atom. The van der Waals surface area contributed by atoms with Crippen molar-refractivity contribution < 1.29 is 17.7 Å². The minimum Gasteiger partial charge on any atom is -0.387 e. The number of nitrogens with zero attached hydrogens (tertiary/aromatic N) is 1. The summed E-state index contributed by atoms with van der Waals surface area (Å²) < 4.78 is 40.8. The smallest absolute Gasteiger partial charge is 0.274 e. The molecule has 0 heterocycles. The maximum atomic E-state index is 14.0. The van der Waals surface area contributed by atoms with Gasteiger partial charge < -0.3 is 5.32 Å². The first-order chi connectivity index (χ1) is 9.68. The number of nitrogens with one attached hydrogen (secondary N) is 2. The van der Waals surface area contributed by atoms with E-state index in [1.807, 2.05) is 6.92 Å². The third-order valence-electron chi connectivity index (χ3n) is 3.57. The van der Waals surface area contributed by atoms with E-state index in [9.17, 15) is 22.9 Å². The first-order valence-corrected chi connectivity index (χ1v) is 7.82. The fraction of sp³-hybridized carbons (Fsp3) is 0.500. The van der Waals surface area contributed by atoms with Crippen LogP contribution in [-0.2, 0) is 10.0 Å². The Balaban J connectivity index is 2.39. The van der Waals surface area contributed by atoms with Crippen molar-refractivity contribution in [3.05, 3.63) is 28.1 Å². The second-order valence-electron chi connectivity index (χ2n) is 5.45. The van der Waals surface area contributed by atoms with Crippen LogP contribution in [0, 0.1) is 21.3 Å². The molecule has 0 bridgehead atoms. The summed E-state index contributed by atoms with van der Waals surface area (Å²) in [4.78, 5) is 9.32. The topological polar surface area (TPSA) is 101 Å². The molecule has 9 heteroatoms. The van der Waals surface area contributed by atoms with Gasteiger partial charge in [-0.2, -0.15) is 0 Å². The van der Waals surface area contributed by atoms with Crippen LogP contribution in [-0.4, -0.2) is 26.9 Å². The van der Waals surface area contributed by atoms with Gasteiger partial charge in [-0.3, -0.25) is 10.1 Å². The molecule has 2 N–H and O–H groups in total. The van der Waals surface area contributed by atoms with Crippen molar-refractivity contribution >= 4 is 21.4 Å². The zero-order valence-electron chi connectivity index (χ0n) is 11.6. The Labute approximate surface area is 121 Å². The highest BCUT2D eigenvalue weighted by molar-refractivity contribution is 7.89. The number of rotatable bonds is 6. The van der Waals surface area contributed by atoms with Crippen molar-refractivity contribution in [2.75, 3.05) is 18.9 Å². The lowest BCUT2D eigenvalue weighted by Gasteiger charge is -2.14. The maximum Gasteiger partial charge on any atom is 0.274 e. The normalized spacial score (nSPS) is 16.5. The summed E-state index contributed by atoms with van der Waals surface area (Å²) in [6.45, 7) is 2.15. The average Bonchev–Trinajstić information content (AvgIpc) is 3.14. The first-order valence-electron chi connectivity index (χ1n) is 6.34. The van der Waals surface area contributed by atoms with Crippen LogP contribution < -0.4 is 10.0 Å². The molecule has 0 atom stereocenters. The summed E-state index contributed by atoms with van der Waals surface area (Å²) in [6.07, 6.45) is 1.83. The molecule has 0 aromatic heterocycles. The number of hydrogen-bond donors (Lipinski definition) is 2. The van der Waals surface area contributed by atoms with Gasteiger partial charge in [-0.15, -0.1) is 0 Å². The van der Waals surface area contributed by atoms with Crippen LogP contribution in [0.25, 0.3) is 0 Å². The predicted molar refractivity (Wildman–Crippen MR) is 75.1 cm³/mol. The maximum absolute atomic E-state index is 14.0. The van der Waals surface area contributed by atoms with Gasteiger partial charge >= 0.3 is 0 Å². The molecule has 1 saturated carbocycles. The van der Waals surface area contributed by atoms with Gasteiger partial charge in [-0.25, -0.2) is 17.5 Å². The zero-order valence-corrected chi connectivity index (χ0v) is 12.5. The number of nitro benzene ring substituents is 1. The summed E-state index contributed by atoms with van der Waals surface area (Å²) in [5.74, 6) is -1.15. The Morgan fingerprint density at radius 2 is 2.05 bits per heavy atom. The largest absolute Gasteiger partial charge is 0.387 e. The molecule has 0 radical (unpaired) electrons. The molecule has 0 saturated heterocycles. The van der Waals surface area contributed by atoms with Gasteiger partial charge in [0.05, 0.1) is 16.7 Å². The van der Waals surface area contributed by atoms with Crippen LogP contribution in [0.3, 0.4) is 0 Å². The molecule has 7 nitrogen and oxygen atoms in total. The van der Waals surface area contributed by atoms with Crippen molar-refractivity contribution in [3.63, 3.8) is 0 Å². The third-order valence-corrected chi connectivity index (χ3v) is 5.05. The minimum atomic E-state index is -4.08. The third kappa shape index (κ3) is 3.30. The van der Waals surface area contributed by atoms with Crippen LogP contribution in [0.1, 0.15) is 19.8 Å². The predicted octanol–water partition coefficient (Wildman–Crippen LogP) is 1.85. The zero-order chi connectivity index (χ0) is 15.8. The van der Waals surface area contributed by atoms with Gasteiger partial charge in [0.2, 0.25) is 10.0 Å². The summed E-state index contributed by atoms with van der Waals surface area (Å²) >= 11 is 0. The number of non-ortho nitro benzene ring substituents is 1. The molecule has 1 aliphatic carbocycles. The van der Waals surface area contributed by atoms with Gasteiger partial charge in [0.15, 0.2) is 5.82 Å². The van der Waals surface area contributed by atoms with E-state index in [0.29, 0.717) is 6.07 Å². The van der Waals surface area contributed by atoms with E-state index in [2.05, 4.69) is 10.0 Å². The Bertz CT molecular complexity index is 686. The van der Waals surface area contributed by atoms with E-state index >= 15 is 0 Å². The van der Waals surface area contributed by atoms with E-state index < -0.39 is 31.3 Å². The van der Waals surface area contributed by atoms with E-state index in [0.717, 1.165) is 18.9 Å². The number of benzene rings is 1. The second kappa shape index (κ2) is 5.23. The highest BCUT2D eigenvalue weighted by Crippen LogP contribution is 2.44. The molecular formula is C12H16FN3O4S. The van der Waals surface area contributed by atoms with Crippen molar-refractivity contribution in [1.82, 2.24) is 4.72 Å². The van der Waals surface area contributed by atoms with Crippen molar-refractivity contribution in [2.45, 2.75) is 24.7 Å². The molecule has 1 aromatic rings. The average molecular weight is 317 g/mol. The first kappa shape index (κ1) is 15.6. The molecule has 1 aliphatic rings. The van der Waals surface area contributed by atoms with E-state index in [-0.39, 0.29) is 17.6 Å². The van der Waals surface area contributed by atoms with Gasteiger partial charge in [0.1, 0.15) is 4.90 Å². The second-order valence-corrected chi connectivity index (χ2v) is 7.15. The lowest BCUT2D eigenvalue weighted by atomic mass is 10.2. The number of nitro groups is 1. The number of sulfonamides is 1. The minimum absolute atomic E-state index is 0.0792. The number of anilines is 1. The van der Waals surface area contributed by atoms with Crippen molar-refractivity contribution in [2.24, 2.45) is 5.41 Å². The van der Waals surface area contributed by atoms with Crippen LogP contribution in [0.5, 0.6) is 0 Å². The molecule has 0 amide bonds. The van der Waals surface area contributed by atoms with Crippen LogP contribution in [0.4, 0.5) is 15.8 Å². The van der Waals surface area contributed by atoms with Gasteiger partial charge in [-0.05, 0) is 18.3 Å². The molecule has 0 spiro atoms. The highest BCUT2D eigenvalue weighted by Gasteiger charge is 2.39. The molecule has 1 aromatic carbocycles. The van der Waals surface area contributed by atoms with Gasteiger partial charge in [0, 0.05) is 19.7 Å². The Hall–Kier alpha value is -1.74. The molecule has 1 fully saturated rings. The van der Waals surface area contributed by atoms with E-state index in [4.69, 9.17) is 0 Å². The summed E-state index contributed by atoms with van der Waals surface area (Å²) in [5.41, 5.74) is -0.732. The summed E-state index contributed by atoms with van der Waals surface area (Å²) in [6, 6.07) is 1.60. The standard InChI is InChI=1S/C12H16FN3O4S/c1-12(3-4-12)7-15-21(19,20)11-9(13)5-8(16(17)18)6-10(11)14-2/h5-6,14-15H,3-4,7H2,1-2H3. The molecule has 0 unspecified atom stereocenters. The molecule has 21 heavy (non-hydrogen) atoms. The monoisotopic (exact) mass is 317 g/mol. The number of hydrogen-bond acceptors (Lipinski definition) is 5. The lowest BCUT2D eigenvalue weighted by Crippen LogP contribution is -2.30. The van der Waals surface area contributed by atoms with E-state index in [1.54, 1.807) is 0 Å². The molecular weight excluding hydrogens is 301 g/mol. The fourth-order valence-electron chi connectivity index (χ4n) is 1.87. The Morgan fingerprint density at radius 1 is 1.43 bits per heavy atom. The quantitative estimate of drug-likeness (QED) is 0.616. The van der Waals surface area contributed by atoms with Gasteiger partial charge in [-0.1, -0.05) is 6.92 Å².